The molecule has 1 saturated heterocycles. The second kappa shape index (κ2) is 7.65. The molecule has 1 aliphatic heterocycles. The molecule has 3 rings (SSSR count). The Balaban J connectivity index is 1.61. The van der Waals surface area contributed by atoms with E-state index in [1.165, 1.54) is 18.2 Å². The summed E-state index contributed by atoms with van der Waals surface area (Å²) >= 11 is 5.98. The summed E-state index contributed by atoms with van der Waals surface area (Å²) < 4.78 is 13.1. The van der Waals surface area contributed by atoms with Gasteiger partial charge in [0.25, 0.3) is 5.56 Å². The molecule has 1 fully saturated rings. The lowest BCUT2D eigenvalue weighted by Gasteiger charge is -2.33. The second-order valence-corrected chi connectivity index (χ2v) is 6.45. The molecule has 2 aromatic rings. The average molecular weight is 365 g/mol. The summed E-state index contributed by atoms with van der Waals surface area (Å²) in [7, 11) is 0. The summed E-state index contributed by atoms with van der Waals surface area (Å²) in [5.41, 5.74) is 1.11. The molecule has 0 saturated carbocycles. The zero-order chi connectivity index (χ0) is 17.8. The first-order chi connectivity index (χ1) is 12.0. The number of nitrogens with zero attached hydrogens (tertiary/aromatic N) is 2. The van der Waals surface area contributed by atoms with Crippen molar-refractivity contribution in [2.75, 3.05) is 18.0 Å². The van der Waals surface area contributed by atoms with Crippen molar-refractivity contribution in [3.8, 4) is 0 Å². The molecule has 132 valence electrons. The topological polar surface area (TPSA) is 78.1 Å². The Kier molecular flexibility index (Phi) is 5.33. The van der Waals surface area contributed by atoms with E-state index in [9.17, 15) is 14.0 Å². The number of H-pyrrole nitrogens is 1. The number of aromatic amines is 1. The summed E-state index contributed by atoms with van der Waals surface area (Å²) in [6.45, 7) is 1.55. The largest absolute Gasteiger partial charge is 0.369 e. The van der Waals surface area contributed by atoms with Crippen LogP contribution in [0, 0.1) is 11.7 Å². The van der Waals surface area contributed by atoms with Crippen molar-refractivity contribution in [1.29, 1.82) is 0 Å². The predicted molar refractivity (Wildman–Crippen MR) is 93.1 cm³/mol. The molecule has 1 aromatic carbocycles. The summed E-state index contributed by atoms with van der Waals surface area (Å²) in [6, 6.07) is 5.58. The van der Waals surface area contributed by atoms with Crippen molar-refractivity contribution < 1.29 is 9.18 Å². The van der Waals surface area contributed by atoms with Gasteiger partial charge in [0.15, 0.2) is 0 Å². The molecule has 0 spiro atoms. The fraction of sp³-hybridized carbons (Fsp3) is 0.353. The molecule has 1 unspecified atom stereocenters. The van der Waals surface area contributed by atoms with Gasteiger partial charge in [-0.2, -0.15) is 5.10 Å². The standard InChI is InChI=1S/C17H18ClFN4O2/c18-15-6-13(19)4-3-11(15)8-20-17(25)12-2-1-5-23(10-12)14-7-16(24)22-21-9-14/h3-4,6-7,9,12H,1-2,5,8,10H2,(H,20,25)(H,22,24). The predicted octanol–water partition coefficient (Wildman–Crippen LogP) is 2.10. The van der Waals surface area contributed by atoms with Gasteiger partial charge >= 0.3 is 0 Å². The zero-order valence-corrected chi connectivity index (χ0v) is 14.2. The third-order valence-corrected chi connectivity index (χ3v) is 4.63. The quantitative estimate of drug-likeness (QED) is 0.870. The molecular weight excluding hydrogens is 347 g/mol. The van der Waals surface area contributed by atoms with Gasteiger partial charge in [0.05, 0.1) is 17.8 Å². The molecule has 2 N–H and O–H groups in total. The number of amides is 1. The molecule has 1 atom stereocenters. The monoisotopic (exact) mass is 364 g/mol. The van der Waals surface area contributed by atoms with Gasteiger partial charge in [0.2, 0.25) is 5.91 Å². The van der Waals surface area contributed by atoms with Gasteiger partial charge < -0.3 is 10.2 Å². The van der Waals surface area contributed by atoms with Crippen molar-refractivity contribution in [1.82, 2.24) is 15.5 Å². The molecule has 6 nitrogen and oxygen atoms in total. The van der Waals surface area contributed by atoms with Crippen LogP contribution in [0.5, 0.6) is 0 Å². The Labute approximate surface area is 149 Å². The number of rotatable bonds is 4. The van der Waals surface area contributed by atoms with Gasteiger partial charge in [0, 0.05) is 30.7 Å². The third-order valence-electron chi connectivity index (χ3n) is 4.28. The Morgan fingerprint density at radius 2 is 2.28 bits per heavy atom. The first-order valence-electron chi connectivity index (χ1n) is 8.04. The van der Waals surface area contributed by atoms with Crippen LogP contribution in [-0.2, 0) is 11.3 Å². The van der Waals surface area contributed by atoms with Crippen LogP contribution in [0.25, 0.3) is 0 Å². The van der Waals surface area contributed by atoms with Gasteiger partial charge in [-0.05, 0) is 30.5 Å². The van der Waals surface area contributed by atoms with Crippen LogP contribution in [0.15, 0.2) is 35.3 Å². The van der Waals surface area contributed by atoms with E-state index >= 15 is 0 Å². The minimum absolute atomic E-state index is 0.0807. The highest BCUT2D eigenvalue weighted by Crippen LogP contribution is 2.22. The van der Waals surface area contributed by atoms with Crippen molar-refractivity contribution >= 4 is 23.2 Å². The van der Waals surface area contributed by atoms with Crippen LogP contribution in [-0.4, -0.2) is 29.2 Å². The van der Waals surface area contributed by atoms with E-state index in [0.717, 1.165) is 19.4 Å². The lowest BCUT2D eigenvalue weighted by molar-refractivity contribution is -0.125. The number of benzene rings is 1. The van der Waals surface area contributed by atoms with Crippen LogP contribution in [0.4, 0.5) is 10.1 Å². The van der Waals surface area contributed by atoms with E-state index in [2.05, 4.69) is 15.5 Å². The van der Waals surface area contributed by atoms with E-state index in [0.29, 0.717) is 22.8 Å². The Bertz CT molecular complexity index is 826. The minimum Gasteiger partial charge on any atom is -0.369 e. The van der Waals surface area contributed by atoms with Crippen molar-refractivity contribution in [3.63, 3.8) is 0 Å². The number of aromatic nitrogens is 2. The van der Waals surface area contributed by atoms with Gasteiger partial charge in [-0.3, -0.25) is 9.59 Å². The molecule has 1 amide bonds. The van der Waals surface area contributed by atoms with Gasteiger partial charge in [0.1, 0.15) is 5.82 Å². The van der Waals surface area contributed by atoms with Crippen molar-refractivity contribution in [2.24, 2.45) is 5.92 Å². The Hall–Kier alpha value is -2.41. The molecule has 0 bridgehead atoms. The summed E-state index contributed by atoms with van der Waals surface area (Å²) in [6.07, 6.45) is 3.21. The molecule has 8 heteroatoms. The highest BCUT2D eigenvalue weighted by molar-refractivity contribution is 6.31. The maximum Gasteiger partial charge on any atom is 0.266 e. The molecule has 0 radical (unpaired) electrons. The van der Waals surface area contributed by atoms with Gasteiger partial charge in [-0.15, -0.1) is 0 Å². The van der Waals surface area contributed by atoms with Crippen LogP contribution in [0.2, 0.25) is 5.02 Å². The summed E-state index contributed by atoms with van der Waals surface area (Å²) in [4.78, 5) is 25.8. The maximum atomic E-state index is 13.1. The van der Waals surface area contributed by atoms with E-state index in [-0.39, 0.29) is 23.9 Å². The summed E-state index contributed by atoms with van der Waals surface area (Å²) in [5, 5.41) is 9.29. The molecular formula is C17H18ClFN4O2. The molecule has 2 heterocycles. The third kappa shape index (κ3) is 4.36. The van der Waals surface area contributed by atoms with E-state index in [4.69, 9.17) is 11.6 Å². The molecule has 1 aromatic heterocycles. The number of carbonyl (C=O) groups is 1. The lowest BCUT2D eigenvalue weighted by atomic mass is 9.96. The van der Waals surface area contributed by atoms with E-state index in [1.54, 1.807) is 12.3 Å². The van der Waals surface area contributed by atoms with Crippen LogP contribution >= 0.6 is 11.6 Å². The van der Waals surface area contributed by atoms with Gasteiger partial charge in [-0.25, -0.2) is 9.49 Å². The molecule has 25 heavy (non-hydrogen) atoms. The van der Waals surface area contributed by atoms with E-state index < -0.39 is 5.82 Å². The smallest absolute Gasteiger partial charge is 0.266 e. The van der Waals surface area contributed by atoms with E-state index in [1.807, 2.05) is 4.90 Å². The van der Waals surface area contributed by atoms with Crippen LogP contribution in [0.3, 0.4) is 0 Å². The number of carbonyl (C=O) groups excluding carboxylic acids is 1. The Morgan fingerprint density at radius 3 is 3.04 bits per heavy atom. The van der Waals surface area contributed by atoms with Crippen molar-refractivity contribution in [3.05, 3.63) is 57.2 Å². The number of anilines is 1. The van der Waals surface area contributed by atoms with Crippen LogP contribution < -0.4 is 15.8 Å². The number of hydrogen-bond donors (Lipinski definition) is 2. The highest BCUT2D eigenvalue weighted by atomic mass is 35.5. The Morgan fingerprint density at radius 1 is 1.44 bits per heavy atom. The summed E-state index contributed by atoms with van der Waals surface area (Å²) in [5.74, 6) is -0.676. The lowest BCUT2D eigenvalue weighted by Crippen LogP contribution is -2.43. The van der Waals surface area contributed by atoms with Crippen molar-refractivity contribution in [2.45, 2.75) is 19.4 Å². The highest BCUT2D eigenvalue weighted by Gasteiger charge is 2.26. The average Bonchev–Trinajstić information content (AvgIpc) is 2.61. The fourth-order valence-electron chi connectivity index (χ4n) is 2.96. The maximum absolute atomic E-state index is 13.1. The fourth-order valence-corrected chi connectivity index (χ4v) is 3.19. The normalized spacial score (nSPS) is 17.4. The van der Waals surface area contributed by atoms with Gasteiger partial charge in [-0.1, -0.05) is 17.7 Å². The first kappa shape index (κ1) is 17.4. The number of halogens is 2. The SMILES string of the molecule is O=C(NCc1ccc(F)cc1Cl)C1CCCN(c2cn[nH]c(=O)c2)C1. The minimum atomic E-state index is -0.408. The number of piperidine rings is 1. The number of nitrogens with one attached hydrogen (secondary N) is 2. The first-order valence-corrected chi connectivity index (χ1v) is 8.42. The zero-order valence-electron chi connectivity index (χ0n) is 13.5. The second-order valence-electron chi connectivity index (χ2n) is 6.04. The molecule has 1 aliphatic rings. The number of hydrogen-bond acceptors (Lipinski definition) is 4. The van der Waals surface area contributed by atoms with Crippen LogP contribution in [0.1, 0.15) is 18.4 Å². The molecule has 0 aliphatic carbocycles.